The number of aromatic amines is 1. The lowest BCUT2D eigenvalue weighted by Gasteiger charge is -2.10. The lowest BCUT2D eigenvalue weighted by atomic mass is 9.96. The van der Waals surface area contributed by atoms with Gasteiger partial charge in [0.25, 0.3) is 0 Å². The predicted octanol–water partition coefficient (Wildman–Crippen LogP) is 4.63. The second kappa shape index (κ2) is 8.54. The number of benzene rings is 1. The number of nitrogens with zero attached hydrogens (tertiary/aromatic N) is 5. The molecule has 0 aliphatic heterocycles. The van der Waals surface area contributed by atoms with E-state index in [1.165, 1.54) is 48.3 Å². The van der Waals surface area contributed by atoms with Crippen molar-refractivity contribution in [1.29, 1.82) is 0 Å². The smallest absolute Gasteiger partial charge is 0.181 e. The van der Waals surface area contributed by atoms with E-state index in [1.807, 2.05) is 19.0 Å². The average Bonchev–Trinajstić information content (AvgIpc) is 3.41. The maximum Gasteiger partial charge on any atom is 0.181 e. The molecule has 4 aromatic heterocycles. The summed E-state index contributed by atoms with van der Waals surface area (Å²) in [7, 11) is 3.79. The molecule has 5 aromatic rings. The zero-order valence-electron chi connectivity index (χ0n) is 18.7. The van der Waals surface area contributed by atoms with Gasteiger partial charge >= 0.3 is 0 Å². The molecule has 1 aliphatic rings. The number of para-hydroxylation sites is 1. The first kappa shape index (κ1) is 20.9. The summed E-state index contributed by atoms with van der Waals surface area (Å²) < 4.78 is 14.8. The monoisotopic (exact) mass is 443 g/mol. The van der Waals surface area contributed by atoms with Crippen molar-refractivity contribution < 1.29 is 4.39 Å². The minimum Gasteiger partial charge on any atom is -0.384 e. The fourth-order valence-corrected chi connectivity index (χ4v) is 4.35. The quantitative estimate of drug-likeness (QED) is 0.415. The maximum atomic E-state index is 13.3. The molecule has 4 heterocycles. The van der Waals surface area contributed by atoms with Crippen LogP contribution in [0.4, 0.5) is 15.9 Å². The van der Waals surface area contributed by atoms with Gasteiger partial charge in [0.2, 0.25) is 0 Å². The van der Waals surface area contributed by atoms with Crippen LogP contribution in [-0.2, 0) is 12.8 Å². The minimum absolute atomic E-state index is 0.413. The van der Waals surface area contributed by atoms with Crippen LogP contribution in [0.5, 0.6) is 0 Å². The number of pyridine rings is 1. The van der Waals surface area contributed by atoms with E-state index in [-0.39, 0.29) is 0 Å². The zero-order valence-corrected chi connectivity index (χ0v) is 18.7. The average molecular weight is 444 g/mol. The van der Waals surface area contributed by atoms with Crippen molar-refractivity contribution in [3.63, 3.8) is 0 Å². The topological polar surface area (TPSA) is 88.1 Å². The number of nitrogens with two attached hydrogens (primary N) is 1. The van der Waals surface area contributed by atoms with Gasteiger partial charge in [-0.05, 0) is 43.4 Å². The van der Waals surface area contributed by atoms with E-state index < -0.39 is 5.82 Å². The molecular formula is C25H26FN7. The summed E-state index contributed by atoms with van der Waals surface area (Å²) in [4.78, 5) is 13.7. The highest BCUT2D eigenvalue weighted by molar-refractivity contribution is 5.84. The molecular weight excluding hydrogens is 417 g/mol. The molecule has 0 amide bonds. The van der Waals surface area contributed by atoms with E-state index in [1.54, 1.807) is 28.5 Å². The first-order valence-corrected chi connectivity index (χ1v) is 11.0. The Bertz CT molecular complexity index is 1430. The first-order chi connectivity index (χ1) is 16.0. The van der Waals surface area contributed by atoms with E-state index in [4.69, 9.17) is 5.73 Å². The molecule has 0 spiro atoms. The van der Waals surface area contributed by atoms with Gasteiger partial charge in [-0.3, -0.25) is 4.98 Å². The zero-order chi connectivity index (χ0) is 22.9. The van der Waals surface area contributed by atoms with Crippen molar-refractivity contribution in [1.82, 2.24) is 24.6 Å². The van der Waals surface area contributed by atoms with Gasteiger partial charge in [-0.25, -0.2) is 9.37 Å². The maximum absolute atomic E-state index is 13.3. The molecule has 0 saturated carbocycles. The summed E-state index contributed by atoms with van der Waals surface area (Å²) in [5.41, 5.74) is 12.9. The summed E-state index contributed by atoms with van der Waals surface area (Å²) in [5, 5.41) is 5.63. The lowest BCUT2D eigenvalue weighted by molar-refractivity contribution is 0.622. The van der Waals surface area contributed by atoms with Crippen molar-refractivity contribution in [2.75, 3.05) is 24.7 Å². The van der Waals surface area contributed by atoms with E-state index in [2.05, 4.69) is 44.3 Å². The fourth-order valence-electron chi connectivity index (χ4n) is 4.35. The van der Waals surface area contributed by atoms with Crippen LogP contribution >= 0.6 is 0 Å². The number of hydrogen-bond donors (Lipinski definition) is 2. The second-order valence-electron chi connectivity index (χ2n) is 8.45. The Hall–Kier alpha value is -3.94. The van der Waals surface area contributed by atoms with Crippen LogP contribution in [0.25, 0.3) is 27.8 Å². The van der Waals surface area contributed by atoms with Gasteiger partial charge in [0.1, 0.15) is 17.3 Å². The Labute approximate surface area is 191 Å². The Morgan fingerprint density at radius 2 is 1.88 bits per heavy atom. The molecule has 0 atom stereocenters. The Balaban J connectivity index is 0.000000151. The molecule has 3 N–H and O–H groups in total. The number of fused-ring (bicyclic) bond motifs is 4. The Morgan fingerprint density at radius 1 is 1.06 bits per heavy atom. The highest BCUT2D eigenvalue weighted by Gasteiger charge is 2.14. The standard InChI is InChI=1S/C13H13FN6.C12H13N/c1-19(2)11-7-17-20-12(15)4-10(18-13(11)20)8-3-9(14)6-16-5-8;1-3-7-11-9(5-1)10-6-2-4-8-12(10)13-11/h3-7H,15H2,1-2H3;1,3,5,7,13H,2,4,6,8H2. The van der Waals surface area contributed by atoms with Crippen molar-refractivity contribution >= 4 is 28.1 Å². The van der Waals surface area contributed by atoms with Crippen LogP contribution < -0.4 is 10.6 Å². The number of aromatic nitrogens is 5. The highest BCUT2D eigenvalue weighted by atomic mass is 19.1. The van der Waals surface area contributed by atoms with Gasteiger partial charge in [-0.1, -0.05) is 18.2 Å². The van der Waals surface area contributed by atoms with E-state index in [9.17, 15) is 4.39 Å². The molecule has 0 unspecified atom stereocenters. The van der Waals surface area contributed by atoms with Crippen LogP contribution in [0.2, 0.25) is 0 Å². The van der Waals surface area contributed by atoms with E-state index in [0.717, 1.165) is 11.9 Å². The molecule has 6 rings (SSSR count). The SMILES string of the molecule is CN(C)c1cnn2c(N)cc(-c3cncc(F)c3)nc12.c1ccc2c3c([nH]c2c1)CCCC3. The summed E-state index contributed by atoms with van der Waals surface area (Å²) in [6.07, 6.45) is 9.59. The van der Waals surface area contributed by atoms with Crippen LogP contribution in [-0.4, -0.2) is 38.7 Å². The van der Waals surface area contributed by atoms with Crippen molar-refractivity contribution in [2.45, 2.75) is 25.7 Å². The van der Waals surface area contributed by atoms with Gasteiger partial charge in [0.05, 0.1) is 18.1 Å². The predicted molar refractivity (Wildman–Crippen MR) is 130 cm³/mol. The van der Waals surface area contributed by atoms with Gasteiger partial charge < -0.3 is 15.6 Å². The third-order valence-electron chi connectivity index (χ3n) is 5.97. The number of nitrogens with one attached hydrogen (secondary N) is 1. The normalized spacial score (nSPS) is 12.9. The number of H-pyrrole nitrogens is 1. The number of halogens is 1. The molecule has 8 heteroatoms. The van der Waals surface area contributed by atoms with E-state index in [0.29, 0.717) is 22.7 Å². The van der Waals surface area contributed by atoms with Crippen molar-refractivity contribution in [3.8, 4) is 11.3 Å². The van der Waals surface area contributed by atoms with Crippen LogP contribution in [0, 0.1) is 5.82 Å². The number of rotatable bonds is 2. The van der Waals surface area contributed by atoms with Crippen LogP contribution in [0.3, 0.4) is 0 Å². The molecule has 0 saturated heterocycles. The molecule has 1 aromatic carbocycles. The molecule has 168 valence electrons. The van der Waals surface area contributed by atoms with Crippen LogP contribution in [0.15, 0.2) is 55.0 Å². The summed E-state index contributed by atoms with van der Waals surface area (Å²) in [5.74, 6) is 0.0199. The van der Waals surface area contributed by atoms with Crippen molar-refractivity contribution in [2.24, 2.45) is 0 Å². The Kier molecular flexibility index (Phi) is 5.42. The first-order valence-electron chi connectivity index (χ1n) is 11.0. The molecule has 7 nitrogen and oxygen atoms in total. The van der Waals surface area contributed by atoms with Gasteiger partial charge in [0.15, 0.2) is 5.65 Å². The minimum atomic E-state index is -0.413. The van der Waals surface area contributed by atoms with Crippen molar-refractivity contribution in [3.05, 3.63) is 72.1 Å². The van der Waals surface area contributed by atoms with Gasteiger partial charge in [-0.2, -0.15) is 9.61 Å². The number of anilines is 2. The molecule has 0 bridgehead atoms. The highest BCUT2D eigenvalue weighted by Crippen LogP contribution is 2.28. The van der Waals surface area contributed by atoms with Gasteiger partial charge in [-0.15, -0.1) is 0 Å². The molecule has 1 aliphatic carbocycles. The molecule has 0 radical (unpaired) electrons. The number of nitrogen functional groups attached to an aromatic ring is 1. The third-order valence-corrected chi connectivity index (χ3v) is 5.97. The van der Waals surface area contributed by atoms with Crippen LogP contribution in [0.1, 0.15) is 24.1 Å². The van der Waals surface area contributed by atoms with E-state index >= 15 is 0 Å². The molecule has 33 heavy (non-hydrogen) atoms. The number of hydrogen-bond acceptors (Lipinski definition) is 5. The molecule has 0 fully saturated rings. The number of aryl methyl sites for hydroxylation is 2. The largest absolute Gasteiger partial charge is 0.384 e. The second-order valence-corrected chi connectivity index (χ2v) is 8.45. The fraction of sp³-hybridized carbons (Fsp3) is 0.240. The summed E-state index contributed by atoms with van der Waals surface area (Å²) in [6.45, 7) is 0. The van der Waals surface area contributed by atoms with Gasteiger partial charge in [0, 0.05) is 48.5 Å². The lowest BCUT2D eigenvalue weighted by Crippen LogP contribution is -2.09. The Morgan fingerprint density at radius 3 is 2.70 bits per heavy atom. The summed E-state index contributed by atoms with van der Waals surface area (Å²) in [6, 6.07) is 11.7. The third kappa shape index (κ3) is 4.00. The summed E-state index contributed by atoms with van der Waals surface area (Å²) >= 11 is 0.